The van der Waals surface area contributed by atoms with Gasteiger partial charge in [0.1, 0.15) is 5.78 Å². The maximum absolute atomic E-state index is 11.2. The van der Waals surface area contributed by atoms with Crippen molar-refractivity contribution >= 4 is 41.6 Å². The highest BCUT2D eigenvalue weighted by atomic mass is 35.5. The predicted molar refractivity (Wildman–Crippen MR) is 68.4 cm³/mol. The number of halogens is 2. The Morgan fingerprint density at radius 3 is 2.67 bits per heavy atom. The van der Waals surface area contributed by atoms with Crippen LogP contribution in [0.5, 0.6) is 0 Å². The first-order valence-corrected chi connectivity index (χ1v) is 6.01. The van der Waals surface area contributed by atoms with Crippen molar-refractivity contribution in [3.63, 3.8) is 0 Å². The van der Waals surface area contributed by atoms with Crippen molar-refractivity contribution in [3.8, 4) is 0 Å². The van der Waals surface area contributed by atoms with E-state index >= 15 is 0 Å². The third kappa shape index (κ3) is 3.71. The summed E-state index contributed by atoms with van der Waals surface area (Å²) in [6.07, 6.45) is 0.463. The van der Waals surface area contributed by atoms with Gasteiger partial charge in [0.25, 0.3) is 0 Å². The first-order chi connectivity index (χ1) is 7.04. The normalized spacial score (nSPS) is 12.5. The molecule has 1 aromatic rings. The molecule has 0 saturated heterocycles. The molecule has 4 heteroatoms. The van der Waals surface area contributed by atoms with Crippen molar-refractivity contribution in [2.45, 2.75) is 19.3 Å². The number of ketones is 1. The van der Waals surface area contributed by atoms with Crippen LogP contribution in [-0.2, 0) is 4.79 Å². The molecule has 0 amide bonds. The molecule has 0 N–H and O–H groups in total. The Kier molecular flexibility index (Phi) is 4.97. The highest BCUT2D eigenvalue weighted by Crippen LogP contribution is 2.29. The summed E-state index contributed by atoms with van der Waals surface area (Å²) in [6.45, 7) is 1.97. The minimum absolute atomic E-state index is 0.106. The molecule has 15 heavy (non-hydrogen) atoms. The van der Waals surface area contributed by atoms with E-state index < -0.39 is 0 Å². The largest absolute Gasteiger partial charge is 0.299 e. The number of Topliss-reactive ketones (excluding diaryl/α,β-unsaturated/α-hetero) is 1. The van der Waals surface area contributed by atoms with E-state index in [2.05, 4.69) is 12.6 Å². The molecule has 1 unspecified atom stereocenters. The molecule has 0 aliphatic carbocycles. The lowest BCUT2D eigenvalue weighted by Gasteiger charge is -2.12. The lowest BCUT2D eigenvalue weighted by Crippen LogP contribution is -2.05. The summed E-state index contributed by atoms with van der Waals surface area (Å²) in [5.74, 6) is 0.501. The number of benzene rings is 1. The van der Waals surface area contributed by atoms with Crippen LogP contribution in [0.1, 0.15) is 24.8 Å². The molecule has 0 radical (unpaired) electrons. The Hall–Kier alpha value is -0.180. The van der Waals surface area contributed by atoms with Gasteiger partial charge in [0.15, 0.2) is 0 Å². The highest BCUT2D eigenvalue weighted by molar-refractivity contribution is 7.81. The van der Waals surface area contributed by atoms with E-state index in [9.17, 15) is 4.79 Å². The van der Waals surface area contributed by atoms with Crippen LogP contribution in [0, 0.1) is 0 Å². The quantitative estimate of drug-likeness (QED) is 0.813. The molecule has 0 aromatic heterocycles. The fourth-order valence-corrected chi connectivity index (χ4v) is 2.14. The standard InChI is InChI=1S/C11H12Cl2OS/c1-7(4-9(14)6-15)10-3-2-8(12)5-11(10)13/h2-3,5,7,15H,4,6H2,1H3. The Morgan fingerprint density at radius 1 is 1.47 bits per heavy atom. The molecule has 0 fully saturated rings. The Bertz CT molecular complexity index is 366. The SMILES string of the molecule is CC(CC(=O)CS)c1ccc(Cl)cc1Cl. The molecular formula is C11H12Cl2OS. The highest BCUT2D eigenvalue weighted by Gasteiger charge is 2.13. The van der Waals surface area contributed by atoms with Crippen molar-refractivity contribution in [2.24, 2.45) is 0 Å². The molecule has 0 bridgehead atoms. The van der Waals surface area contributed by atoms with Gasteiger partial charge in [-0.1, -0.05) is 36.2 Å². The maximum atomic E-state index is 11.2. The molecule has 1 atom stereocenters. The average molecular weight is 263 g/mol. The smallest absolute Gasteiger partial charge is 0.143 e. The average Bonchev–Trinajstić information content (AvgIpc) is 2.17. The van der Waals surface area contributed by atoms with E-state index in [0.717, 1.165) is 5.56 Å². The number of hydrogen-bond acceptors (Lipinski definition) is 2. The molecule has 1 nitrogen and oxygen atoms in total. The van der Waals surface area contributed by atoms with Gasteiger partial charge in [-0.2, -0.15) is 12.6 Å². The van der Waals surface area contributed by atoms with Crippen LogP contribution in [0.4, 0.5) is 0 Å². The number of carbonyl (C=O) groups is 1. The number of hydrogen-bond donors (Lipinski definition) is 1. The summed E-state index contributed by atoms with van der Waals surface area (Å²) >= 11 is 15.8. The van der Waals surface area contributed by atoms with Crippen LogP contribution in [0.3, 0.4) is 0 Å². The summed E-state index contributed by atoms with van der Waals surface area (Å²) in [6, 6.07) is 5.34. The van der Waals surface area contributed by atoms with E-state index in [1.807, 2.05) is 13.0 Å². The zero-order chi connectivity index (χ0) is 11.4. The van der Waals surface area contributed by atoms with Gasteiger partial charge >= 0.3 is 0 Å². The second kappa shape index (κ2) is 5.78. The van der Waals surface area contributed by atoms with Crippen LogP contribution in [0.2, 0.25) is 10.0 Å². The lowest BCUT2D eigenvalue weighted by molar-refractivity contribution is -0.116. The van der Waals surface area contributed by atoms with Gasteiger partial charge in [0, 0.05) is 22.2 Å². The summed E-state index contributed by atoms with van der Waals surface area (Å²) in [7, 11) is 0. The molecule has 0 heterocycles. The summed E-state index contributed by atoms with van der Waals surface area (Å²) in [5.41, 5.74) is 0.955. The van der Waals surface area contributed by atoms with Gasteiger partial charge in [-0.15, -0.1) is 0 Å². The van der Waals surface area contributed by atoms with Crippen LogP contribution in [0.25, 0.3) is 0 Å². The van der Waals surface area contributed by atoms with Crippen LogP contribution in [-0.4, -0.2) is 11.5 Å². The minimum atomic E-state index is 0.106. The third-order valence-corrected chi connectivity index (χ3v) is 3.12. The fourth-order valence-electron chi connectivity index (χ4n) is 1.42. The molecule has 1 aromatic carbocycles. The van der Waals surface area contributed by atoms with Crippen molar-refractivity contribution in [1.29, 1.82) is 0 Å². The second-order valence-corrected chi connectivity index (χ2v) is 4.63. The summed E-state index contributed by atoms with van der Waals surface area (Å²) in [4.78, 5) is 11.2. The molecular weight excluding hydrogens is 251 g/mol. The van der Waals surface area contributed by atoms with Crippen molar-refractivity contribution in [1.82, 2.24) is 0 Å². The van der Waals surface area contributed by atoms with E-state index in [1.165, 1.54) is 0 Å². The Labute approximate surface area is 105 Å². The zero-order valence-electron chi connectivity index (χ0n) is 8.34. The number of carbonyl (C=O) groups excluding carboxylic acids is 1. The molecule has 0 aliphatic rings. The summed E-state index contributed by atoms with van der Waals surface area (Å²) in [5, 5.41) is 1.22. The van der Waals surface area contributed by atoms with Crippen LogP contribution in [0.15, 0.2) is 18.2 Å². The van der Waals surface area contributed by atoms with E-state index in [1.54, 1.807) is 12.1 Å². The van der Waals surface area contributed by atoms with Gasteiger partial charge in [-0.05, 0) is 23.6 Å². The van der Waals surface area contributed by atoms with E-state index in [-0.39, 0.29) is 17.5 Å². The molecule has 1 rings (SSSR count). The first-order valence-electron chi connectivity index (χ1n) is 4.62. The maximum Gasteiger partial charge on any atom is 0.143 e. The van der Waals surface area contributed by atoms with Gasteiger partial charge in [0.05, 0.1) is 0 Å². The van der Waals surface area contributed by atoms with Gasteiger partial charge in [-0.25, -0.2) is 0 Å². The van der Waals surface area contributed by atoms with Crippen molar-refractivity contribution in [2.75, 3.05) is 5.75 Å². The molecule has 0 spiro atoms. The van der Waals surface area contributed by atoms with Gasteiger partial charge in [0.2, 0.25) is 0 Å². The predicted octanol–water partition coefficient (Wildman–Crippen LogP) is 3.99. The van der Waals surface area contributed by atoms with E-state index in [4.69, 9.17) is 23.2 Å². The minimum Gasteiger partial charge on any atom is -0.299 e. The summed E-state index contributed by atoms with van der Waals surface area (Å²) < 4.78 is 0. The monoisotopic (exact) mass is 262 g/mol. The lowest BCUT2D eigenvalue weighted by atomic mass is 9.96. The first kappa shape index (κ1) is 12.9. The molecule has 82 valence electrons. The fraction of sp³-hybridized carbons (Fsp3) is 0.364. The number of thiol groups is 1. The topological polar surface area (TPSA) is 17.1 Å². The van der Waals surface area contributed by atoms with E-state index in [0.29, 0.717) is 16.5 Å². The molecule has 0 aliphatic heterocycles. The van der Waals surface area contributed by atoms with Crippen LogP contribution < -0.4 is 0 Å². The van der Waals surface area contributed by atoms with Crippen LogP contribution >= 0.6 is 35.8 Å². The second-order valence-electron chi connectivity index (χ2n) is 3.47. The van der Waals surface area contributed by atoms with Gasteiger partial charge < -0.3 is 0 Å². The Balaban J connectivity index is 2.82. The third-order valence-electron chi connectivity index (χ3n) is 2.20. The zero-order valence-corrected chi connectivity index (χ0v) is 10.7. The number of rotatable bonds is 4. The molecule has 0 saturated carbocycles. The van der Waals surface area contributed by atoms with Gasteiger partial charge in [-0.3, -0.25) is 4.79 Å². The Morgan fingerprint density at radius 2 is 2.13 bits per heavy atom. The van der Waals surface area contributed by atoms with Crippen molar-refractivity contribution < 1.29 is 4.79 Å². The van der Waals surface area contributed by atoms with Crippen molar-refractivity contribution in [3.05, 3.63) is 33.8 Å².